The van der Waals surface area contributed by atoms with Crippen LogP contribution in [0.15, 0.2) is 29.4 Å². The second kappa shape index (κ2) is 7.95. The number of benzene rings is 1. The molecule has 8 heteroatoms. The van der Waals surface area contributed by atoms with Gasteiger partial charge in [0.25, 0.3) is 11.8 Å². The third kappa shape index (κ3) is 4.55. The number of imide groups is 1. The molecular weight excluding hydrogens is 300 g/mol. The summed E-state index contributed by atoms with van der Waals surface area (Å²) in [5.41, 5.74) is 9.48. The summed E-state index contributed by atoms with van der Waals surface area (Å²) in [4.78, 5) is 42.2. The van der Waals surface area contributed by atoms with Crippen molar-refractivity contribution in [3.05, 3.63) is 45.8 Å². The lowest BCUT2D eigenvalue weighted by molar-refractivity contribution is -0.172. The number of hydrogen-bond acceptors (Lipinski definition) is 5. The molecule has 120 valence electrons. The van der Waals surface area contributed by atoms with Gasteiger partial charge in [-0.1, -0.05) is 17.2 Å². The molecule has 0 bridgehead atoms. The highest BCUT2D eigenvalue weighted by molar-refractivity contribution is 6.02. The molecule has 1 aromatic rings. The molecule has 1 aliphatic heterocycles. The van der Waals surface area contributed by atoms with E-state index in [-0.39, 0.29) is 18.4 Å². The lowest BCUT2D eigenvalue weighted by Crippen LogP contribution is -2.32. The van der Waals surface area contributed by atoms with E-state index >= 15 is 0 Å². The Labute approximate surface area is 132 Å². The average molecular weight is 316 g/mol. The highest BCUT2D eigenvalue weighted by atomic mass is 16.7. The van der Waals surface area contributed by atoms with Crippen molar-refractivity contribution < 1.29 is 19.2 Å². The predicted octanol–water partition coefficient (Wildman–Crippen LogP) is 2.54. The highest BCUT2D eigenvalue weighted by Crippen LogP contribution is 2.15. The average Bonchev–Trinajstić information content (AvgIpc) is 2.87. The van der Waals surface area contributed by atoms with Crippen molar-refractivity contribution in [1.82, 2.24) is 5.06 Å². The Kier molecular flexibility index (Phi) is 5.71. The summed E-state index contributed by atoms with van der Waals surface area (Å²) in [5.74, 6) is -1.73. The number of nitrogens with zero attached hydrogens (tertiary/aromatic N) is 4. The summed E-state index contributed by atoms with van der Waals surface area (Å²) in [5, 5.41) is 3.99. The zero-order valence-corrected chi connectivity index (χ0v) is 12.5. The SMILES string of the molecule is [N-]=[N+]=NCCCCc1ccc(C(=O)ON2C(=O)CCC2=O)cc1. The molecule has 2 rings (SSSR count). The summed E-state index contributed by atoms with van der Waals surface area (Å²) < 4.78 is 0. The molecule has 0 aliphatic carbocycles. The van der Waals surface area contributed by atoms with Crippen molar-refractivity contribution >= 4 is 17.8 Å². The standard InChI is InChI=1S/C15H16N4O4/c16-18-17-10-2-1-3-11-4-6-12(7-5-11)15(22)23-19-13(20)8-9-14(19)21/h4-7H,1-3,8-10H2. The monoisotopic (exact) mass is 316 g/mol. The molecule has 0 unspecified atom stereocenters. The molecule has 8 nitrogen and oxygen atoms in total. The van der Waals surface area contributed by atoms with Gasteiger partial charge >= 0.3 is 5.97 Å². The van der Waals surface area contributed by atoms with E-state index in [1.165, 1.54) is 0 Å². The molecule has 0 atom stereocenters. The number of hydroxylamine groups is 2. The van der Waals surface area contributed by atoms with Crippen LogP contribution in [0.25, 0.3) is 10.4 Å². The molecule has 0 aromatic heterocycles. The van der Waals surface area contributed by atoms with Gasteiger partial charge in [0.15, 0.2) is 0 Å². The molecule has 0 N–H and O–H groups in total. The van der Waals surface area contributed by atoms with Gasteiger partial charge in [-0.15, -0.1) is 5.06 Å². The van der Waals surface area contributed by atoms with Gasteiger partial charge in [0.05, 0.1) is 5.56 Å². The Morgan fingerprint density at radius 3 is 2.43 bits per heavy atom. The number of amides is 2. The van der Waals surface area contributed by atoms with Crippen molar-refractivity contribution in [2.45, 2.75) is 32.1 Å². The van der Waals surface area contributed by atoms with Gasteiger partial charge in [-0.2, -0.15) is 0 Å². The van der Waals surface area contributed by atoms with Crippen molar-refractivity contribution in [2.75, 3.05) is 6.54 Å². The first kappa shape index (κ1) is 16.5. The van der Waals surface area contributed by atoms with Crippen molar-refractivity contribution in [1.29, 1.82) is 0 Å². The number of azide groups is 1. The van der Waals surface area contributed by atoms with Gasteiger partial charge in [-0.3, -0.25) is 9.59 Å². The molecule has 23 heavy (non-hydrogen) atoms. The van der Waals surface area contributed by atoms with Crippen LogP contribution in [0.1, 0.15) is 41.6 Å². The van der Waals surface area contributed by atoms with Crippen LogP contribution >= 0.6 is 0 Å². The Hall–Kier alpha value is -2.86. The Balaban J connectivity index is 1.86. The molecule has 1 saturated heterocycles. The van der Waals surface area contributed by atoms with Crippen LogP contribution in [0.4, 0.5) is 0 Å². The summed E-state index contributed by atoms with van der Waals surface area (Å²) in [7, 11) is 0. The van der Waals surface area contributed by atoms with Crippen LogP contribution in [0.5, 0.6) is 0 Å². The molecule has 0 radical (unpaired) electrons. The topological polar surface area (TPSA) is 112 Å². The summed E-state index contributed by atoms with van der Waals surface area (Å²) in [6, 6.07) is 6.77. The van der Waals surface area contributed by atoms with Crippen LogP contribution in [-0.2, 0) is 20.8 Å². The molecule has 2 amide bonds. The first-order valence-electron chi connectivity index (χ1n) is 7.29. The minimum atomic E-state index is -0.733. The number of carbonyl (C=O) groups is 3. The maximum absolute atomic E-state index is 11.9. The summed E-state index contributed by atoms with van der Waals surface area (Å²) in [6.45, 7) is 0.471. The fourth-order valence-electron chi connectivity index (χ4n) is 2.16. The Morgan fingerprint density at radius 1 is 1.17 bits per heavy atom. The lowest BCUT2D eigenvalue weighted by atomic mass is 10.1. The van der Waals surface area contributed by atoms with Gasteiger partial charge in [-0.25, -0.2) is 4.79 Å². The molecule has 1 heterocycles. The van der Waals surface area contributed by atoms with E-state index in [0.717, 1.165) is 24.8 Å². The van der Waals surface area contributed by atoms with Crippen LogP contribution < -0.4 is 0 Å². The van der Waals surface area contributed by atoms with E-state index in [1.54, 1.807) is 24.3 Å². The Bertz CT molecular complexity index is 634. The lowest BCUT2D eigenvalue weighted by Gasteiger charge is -2.12. The first-order valence-corrected chi connectivity index (χ1v) is 7.29. The third-order valence-electron chi connectivity index (χ3n) is 3.41. The van der Waals surface area contributed by atoms with Crippen LogP contribution in [-0.4, -0.2) is 29.4 Å². The first-order chi connectivity index (χ1) is 11.1. The fraction of sp³-hybridized carbons (Fsp3) is 0.400. The normalized spacial score (nSPS) is 13.8. The van der Waals surface area contributed by atoms with Crippen molar-refractivity contribution in [3.63, 3.8) is 0 Å². The van der Waals surface area contributed by atoms with Crippen LogP contribution in [0.3, 0.4) is 0 Å². The molecule has 1 aromatic carbocycles. The van der Waals surface area contributed by atoms with E-state index in [0.29, 0.717) is 11.6 Å². The smallest absolute Gasteiger partial charge is 0.325 e. The zero-order valence-electron chi connectivity index (χ0n) is 12.5. The quantitative estimate of drug-likeness (QED) is 0.253. The molecule has 0 spiro atoms. The van der Waals surface area contributed by atoms with E-state index in [4.69, 9.17) is 10.4 Å². The molecule has 0 saturated carbocycles. The van der Waals surface area contributed by atoms with Crippen molar-refractivity contribution in [2.24, 2.45) is 5.11 Å². The van der Waals surface area contributed by atoms with Crippen LogP contribution in [0, 0.1) is 0 Å². The number of rotatable bonds is 7. The molecule has 1 aliphatic rings. The number of carbonyl (C=O) groups excluding carboxylic acids is 3. The number of unbranched alkanes of at least 4 members (excludes halogenated alkanes) is 1. The maximum Gasteiger partial charge on any atom is 0.363 e. The second-order valence-electron chi connectivity index (χ2n) is 5.07. The highest BCUT2D eigenvalue weighted by Gasteiger charge is 2.33. The number of hydrogen-bond donors (Lipinski definition) is 0. The van der Waals surface area contributed by atoms with Crippen LogP contribution in [0.2, 0.25) is 0 Å². The molecular formula is C15H16N4O4. The minimum Gasteiger partial charge on any atom is -0.325 e. The molecule has 1 fully saturated rings. The largest absolute Gasteiger partial charge is 0.363 e. The number of aryl methyl sites for hydroxylation is 1. The van der Waals surface area contributed by atoms with E-state index < -0.39 is 17.8 Å². The van der Waals surface area contributed by atoms with Gasteiger partial charge in [0.1, 0.15) is 0 Å². The van der Waals surface area contributed by atoms with E-state index in [2.05, 4.69) is 10.0 Å². The van der Waals surface area contributed by atoms with Gasteiger partial charge in [0, 0.05) is 24.3 Å². The zero-order chi connectivity index (χ0) is 16.7. The summed E-state index contributed by atoms with van der Waals surface area (Å²) >= 11 is 0. The summed E-state index contributed by atoms with van der Waals surface area (Å²) in [6.07, 6.45) is 2.62. The third-order valence-corrected chi connectivity index (χ3v) is 3.41. The minimum absolute atomic E-state index is 0.0703. The van der Waals surface area contributed by atoms with Gasteiger partial charge < -0.3 is 4.84 Å². The van der Waals surface area contributed by atoms with Gasteiger partial charge in [0.2, 0.25) is 0 Å². The predicted molar refractivity (Wildman–Crippen MR) is 79.9 cm³/mol. The van der Waals surface area contributed by atoms with Crippen molar-refractivity contribution in [3.8, 4) is 0 Å². The van der Waals surface area contributed by atoms with Gasteiger partial charge in [-0.05, 0) is 42.5 Å². The maximum atomic E-state index is 11.9. The Morgan fingerprint density at radius 2 is 1.83 bits per heavy atom. The van der Waals surface area contributed by atoms with E-state index in [9.17, 15) is 14.4 Å². The second-order valence-corrected chi connectivity index (χ2v) is 5.07. The fourth-order valence-corrected chi connectivity index (χ4v) is 2.16. The van der Waals surface area contributed by atoms with E-state index in [1.807, 2.05) is 0 Å².